The fourth-order valence-corrected chi connectivity index (χ4v) is 3.28. The van der Waals surface area contributed by atoms with E-state index >= 15 is 0 Å². The summed E-state index contributed by atoms with van der Waals surface area (Å²) in [6, 6.07) is 9.30. The number of fused-ring (bicyclic) bond motifs is 1. The first-order chi connectivity index (χ1) is 10.7. The second-order valence-electron chi connectivity index (χ2n) is 4.96. The van der Waals surface area contributed by atoms with Crippen molar-refractivity contribution < 1.29 is 5.11 Å². The number of nitrogens with zero attached hydrogens (tertiary/aromatic N) is 2. The Morgan fingerprint density at radius 2 is 2.05 bits per heavy atom. The molecule has 0 saturated heterocycles. The predicted octanol–water partition coefficient (Wildman–Crippen LogP) is 4.05. The molecule has 3 aromatic rings. The first-order valence-corrected chi connectivity index (χ1v) is 8.27. The molecule has 114 valence electrons. The monoisotopic (exact) mass is 333 g/mol. The van der Waals surface area contributed by atoms with Gasteiger partial charge in [-0.1, -0.05) is 30.7 Å². The lowest BCUT2D eigenvalue weighted by molar-refractivity contribution is 0.191. The summed E-state index contributed by atoms with van der Waals surface area (Å²) in [5, 5.41) is 15.1. The molecule has 0 radical (unpaired) electrons. The van der Waals surface area contributed by atoms with Crippen LogP contribution in [0.25, 0.3) is 10.2 Å². The highest BCUT2D eigenvalue weighted by Gasteiger charge is 2.11. The largest absolute Gasteiger partial charge is 0.387 e. The van der Waals surface area contributed by atoms with Crippen molar-refractivity contribution in [3.8, 4) is 0 Å². The Labute approximate surface area is 137 Å². The SMILES string of the molecule is CCc1cc2c(NC[C@@H](O)c3ccc(Cl)cc3)ncnc2s1. The summed E-state index contributed by atoms with van der Waals surface area (Å²) < 4.78 is 0. The fourth-order valence-electron chi connectivity index (χ4n) is 2.22. The van der Waals surface area contributed by atoms with Crippen LogP contribution >= 0.6 is 22.9 Å². The van der Waals surface area contributed by atoms with Crippen LogP contribution in [0.4, 0.5) is 5.82 Å². The van der Waals surface area contributed by atoms with Gasteiger partial charge in [0, 0.05) is 16.4 Å². The molecule has 0 saturated carbocycles. The topological polar surface area (TPSA) is 58.0 Å². The molecule has 2 N–H and O–H groups in total. The van der Waals surface area contributed by atoms with Gasteiger partial charge in [0.1, 0.15) is 17.0 Å². The van der Waals surface area contributed by atoms with E-state index in [2.05, 4.69) is 28.3 Å². The highest BCUT2D eigenvalue weighted by atomic mass is 35.5. The Morgan fingerprint density at radius 3 is 2.77 bits per heavy atom. The van der Waals surface area contributed by atoms with Crippen LogP contribution in [0.15, 0.2) is 36.7 Å². The Kier molecular flexibility index (Phi) is 4.57. The van der Waals surface area contributed by atoms with E-state index in [-0.39, 0.29) is 0 Å². The maximum absolute atomic E-state index is 10.2. The van der Waals surface area contributed by atoms with Crippen LogP contribution in [-0.4, -0.2) is 21.6 Å². The number of rotatable bonds is 5. The second kappa shape index (κ2) is 6.60. The number of benzene rings is 1. The predicted molar refractivity (Wildman–Crippen MR) is 91.7 cm³/mol. The molecule has 0 aliphatic rings. The van der Waals surface area contributed by atoms with Crippen molar-refractivity contribution in [3.05, 3.63) is 52.1 Å². The standard InChI is InChI=1S/C16H16ClN3OS/c1-2-12-7-13-15(19-9-20-16(13)22-12)18-8-14(21)10-3-5-11(17)6-4-10/h3-7,9,14,21H,2,8H2,1H3,(H,18,19,20)/t14-/m1/s1. The zero-order valence-corrected chi connectivity index (χ0v) is 13.7. The number of halogens is 1. The third-order valence-corrected chi connectivity index (χ3v) is 4.89. The van der Waals surface area contributed by atoms with E-state index in [4.69, 9.17) is 11.6 Å². The molecule has 0 unspecified atom stereocenters. The molecule has 6 heteroatoms. The summed E-state index contributed by atoms with van der Waals surface area (Å²) in [6.45, 7) is 2.50. The van der Waals surface area contributed by atoms with Gasteiger partial charge in [-0.15, -0.1) is 11.3 Å². The highest BCUT2D eigenvalue weighted by Crippen LogP contribution is 2.28. The molecule has 0 fully saturated rings. The average molecular weight is 334 g/mol. The number of aromatic nitrogens is 2. The lowest BCUT2D eigenvalue weighted by Crippen LogP contribution is -2.13. The quantitative estimate of drug-likeness (QED) is 0.739. The number of hydrogen-bond donors (Lipinski definition) is 2. The van der Waals surface area contributed by atoms with E-state index in [9.17, 15) is 5.11 Å². The van der Waals surface area contributed by atoms with Gasteiger partial charge < -0.3 is 10.4 Å². The minimum absolute atomic E-state index is 0.380. The van der Waals surface area contributed by atoms with Crippen molar-refractivity contribution in [3.63, 3.8) is 0 Å². The van der Waals surface area contributed by atoms with Gasteiger partial charge in [0.15, 0.2) is 0 Å². The van der Waals surface area contributed by atoms with E-state index in [1.807, 2.05) is 12.1 Å². The normalized spacial score (nSPS) is 12.5. The number of aliphatic hydroxyl groups excluding tert-OH is 1. The summed E-state index contributed by atoms with van der Waals surface area (Å²) in [4.78, 5) is 10.8. The van der Waals surface area contributed by atoms with Gasteiger partial charge in [-0.05, 0) is 30.2 Å². The van der Waals surface area contributed by atoms with E-state index < -0.39 is 6.10 Å². The highest BCUT2D eigenvalue weighted by molar-refractivity contribution is 7.18. The zero-order valence-electron chi connectivity index (χ0n) is 12.1. The average Bonchev–Trinajstić information content (AvgIpc) is 2.97. The third kappa shape index (κ3) is 3.21. The smallest absolute Gasteiger partial charge is 0.138 e. The third-order valence-electron chi connectivity index (χ3n) is 3.45. The van der Waals surface area contributed by atoms with Crippen molar-refractivity contribution in [1.82, 2.24) is 9.97 Å². The number of nitrogens with one attached hydrogen (secondary N) is 1. The van der Waals surface area contributed by atoms with Gasteiger partial charge in [-0.3, -0.25) is 0 Å². The minimum atomic E-state index is -0.619. The van der Waals surface area contributed by atoms with Gasteiger partial charge in [0.2, 0.25) is 0 Å². The van der Waals surface area contributed by atoms with Gasteiger partial charge >= 0.3 is 0 Å². The molecule has 0 spiro atoms. The summed E-state index contributed by atoms with van der Waals surface area (Å²) in [7, 11) is 0. The molecule has 3 rings (SSSR count). The maximum atomic E-state index is 10.2. The summed E-state index contributed by atoms with van der Waals surface area (Å²) in [6.07, 6.45) is 1.91. The van der Waals surface area contributed by atoms with Crippen molar-refractivity contribution in [1.29, 1.82) is 0 Å². The Morgan fingerprint density at radius 1 is 1.27 bits per heavy atom. The van der Waals surface area contributed by atoms with E-state index in [1.165, 1.54) is 4.88 Å². The Bertz CT molecular complexity index is 773. The maximum Gasteiger partial charge on any atom is 0.138 e. The molecular weight excluding hydrogens is 318 g/mol. The van der Waals surface area contributed by atoms with Gasteiger partial charge in [0.25, 0.3) is 0 Å². The molecule has 2 aromatic heterocycles. The first kappa shape index (κ1) is 15.2. The lowest BCUT2D eigenvalue weighted by atomic mass is 10.1. The van der Waals surface area contributed by atoms with Crippen LogP contribution in [-0.2, 0) is 6.42 Å². The van der Waals surface area contributed by atoms with E-state index in [0.717, 1.165) is 28.0 Å². The second-order valence-corrected chi connectivity index (χ2v) is 6.51. The number of aryl methyl sites for hydroxylation is 1. The van der Waals surface area contributed by atoms with Crippen LogP contribution in [0.1, 0.15) is 23.5 Å². The summed E-state index contributed by atoms with van der Waals surface area (Å²) >= 11 is 7.53. The lowest BCUT2D eigenvalue weighted by Gasteiger charge is -2.13. The number of aliphatic hydroxyl groups is 1. The summed E-state index contributed by atoms with van der Waals surface area (Å²) in [5.74, 6) is 0.758. The first-order valence-electron chi connectivity index (χ1n) is 7.08. The Hall–Kier alpha value is -1.69. The molecule has 1 aromatic carbocycles. The van der Waals surface area contributed by atoms with Crippen LogP contribution in [0.2, 0.25) is 5.02 Å². The van der Waals surface area contributed by atoms with Crippen molar-refractivity contribution in [2.24, 2.45) is 0 Å². The molecular formula is C16H16ClN3OS. The minimum Gasteiger partial charge on any atom is -0.387 e. The van der Waals surface area contributed by atoms with Crippen LogP contribution in [0.3, 0.4) is 0 Å². The van der Waals surface area contributed by atoms with Crippen LogP contribution in [0, 0.1) is 0 Å². The fraction of sp³-hybridized carbons (Fsp3) is 0.250. The molecule has 2 heterocycles. The molecule has 22 heavy (non-hydrogen) atoms. The molecule has 4 nitrogen and oxygen atoms in total. The van der Waals surface area contributed by atoms with Crippen molar-refractivity contribution in [2.45, 2.75) is 19.4 Å². The van der Waals surface area contributed by atoms with Crippen molar-refractivity contribution in [2.75, 3.05) is 11.9 Å². The molecule has 0 bridgehead atoms. The van der Waals surface area contributed by atoms with Crippen LogP contribution < -0.4 is 5.32 Å². The molecule has 0 aliphatic heterocycles. The molecule has 0 aliphatic carbocycles. The van der Waals surface area contributed by atoms with Gasteiger partial charge in [-0.2, -0.15) is 0 Å². The molecule has 0 amide bonds. The molecule has 1 atom stereocenters. The van der Waals surface area contributed by atoms with Crippen LogP contribution in [0.5, 0.6) is 0 Å². The van der Waals surface area contributed by atoms with Gasteiger partial charge in [0.05, 0.1) is 11.5 Å². The number of anilines is 1. The number of hydrogen-bond acceptors (Lipinski definition) is 5. The summed E-state index contributed by atoms with van der Waals surface area (Å²) in [5.41, 5.74) is 0.821. The number of thiophene rings is 1. The van der Waals surface area contributed by atoms with E-state index in [1.54, 1.807) is 29.8 Å². The Balaban J connectivity index is 1.76. The zero-order chi connectivity index (χ0) is 15.5. The van der Waals surface area contributed by atoms with E-state index in [0.29, 0.717) is 11.6 Å². The van der Waals surface area contributed by atoms with Crippen molar-refractivity contribution >= 4 is 39.0 Å². The van der Waals surface area contributed by atoms with Gasteiger partial charge in [-0.25, -0.2) is 9.97 Å².